The number of carbonyl (C=O) groups is 1. The second kappa shape index (κ2) is 9.10. The maximum Gasteiger partial charge on any atom is 0.223 e. The van der Waals surface area contributed by atoms with E-state index >= 15 is 0 Å². The average molecular weight is 443 g/mol. The third-order valence-corrected chi connectivity index (χ3v) is 6.22. The van der Waals surface area contributed by atoms with Crippen LogP contribution in [0, 0.1) is 12.8 Å². The molecule has 3 aromatic rings. The first-order valence-electron chi connectivity index (χ1n) is 9.79. The summed E-state index contributed by atoms with van der Waals surface area (Å²) < 4.78 is 7.30. The van der Waals surface area contributed by atoms with Gasteiger partial charge in [-0.25, -0.2) is 0 Å². The van der Waals surface area contributed by atoms with Crippen LogP contribution in [0.5, 0.6) is 5.75 Å². The summed E-state index contributed by atoms with van der Waals surface area (Å²) in [5, 5.41) is 13.2. The van der Waals surface area contributed by atoms with Crippen LogP contribution in [0.15, 0.2) is 47.6 Å². The number of hydrogen-bond donors (Lipinski definition) is 1. The monoisotopic (exact) mass is 442 g/mol. The van der Waals surface area contributed by atoms with Crippen molar-refractivity contribution in [3.05, 3.63) is 64.4 Å². The van der Waals surface area contributed by atoms with Gasteiger partial charge in [0, 0.05) is 16.7 Å². The number of thioether (sulfide) groups is 1. The second-order valence-corrected chi connectivity index (χ2v) is 8.68. The molecular weight excluding hydrogens is 420 g/mol. The van der Waals surface area contributed by atoms with E-state index in [0.717, 1.165) is 40.6 Å². The van der Waals surface area contributed by atoms with E-state index in [4.69, 9.17) is 16.3 Å². The number of carbonyl (C=O) groups excluding carboxylic acids is 1. The summed E-state index contributed by atoms with van der Waals surface area (Å²) in [6.07, 6.45) is 1.93. The summed E-state index contributed by atoms with van der Waals surface area (Å²) in [6, 6.07) is 13.7. The Morgan fingerprint density at radius 3 is 2.87 bits per heavy atom. The van der Waals surface area contributed by atoms with Gasteiger partial charge < -0.3 is 10.1 Å². The molecule has 1 aliphatic carbocycles. The normalized spacial score (nSPS) is 13.3. The Balaban J connectivity index is 1.61. The summed E-state index contributed by atoms with van der Waals surface area (Å²) in [5.74, 6) is 2.45. The molecule has 0 bridgehead atoms. The predicted molar refractivity (Wildman–Crippen MR) is 118 cm³/mol. The molecule has 4 rings (SSSR count). The minimum Gasteiger partial charge on any atom is -0.497 e. The summed E-state index contributed by atoms with van der Waals surface area (Å²) in [7, 11) is 1.66. The molecule has 0 unspecified atom stereocenters. The lowest BCUT2D eigenvalue weighted by Crippen LogP contribution is -2.26. The van der Waals surface area contributed by atoms with Crippen LogP contribution in [0.1, 0.15) is 29.8 Å². The minimum atomic E-state index is 0.0814. The first-order chi connectivity index (χ1) is 14.5. The van der Waals surface area contributed by atoms with Crippen molar-refractivity contribution < 1.29 is 9.53 Å². The highest BCUT2D eigenvalue weighted by Crippen LogP contribution is 2.30. The molecule has 8 heteroatoms. The van der Waals surface area contributed by atoms with Crippen LogP contribution >= 0.6 is 23.4 Å². The number of rotatable bonds is 8. The fraction of sp³-hybridized carbons (Fsp3) is 0.318. The lowest BCUT2D eigenvalue weighted by molar-refractivity contribution is -0.122. The molecule has 0 atom stereocenters. The zero-order valence-corrected chi connectivity index (χ0v) is 18.5. The van der Waals surface area contributed by atoms with Crippen LogP contribution in [-0.2, 0) is 17.1 Å². The smallest absolute Gasteiger partial charge is 0.223 e. The van der Waals surface area contributed by atoms with Crippen LogP contribution in [-0.4, -0.2) is 27.8 Å². The SMILES string of the molecule is COc1cccc(CSc2nnc(CNC(=O)C3CC3)n2-c2cc(Cl)ccc2C)c1. The summed E-state index contributed by atoms with van der Waals surface area (Å²) in [5.41, 5.74) is 3.09. The second-order valence-electron chi connectivity index (χ2n) is 7.30. The molecule has 0 spiro atoms. The van der Waals surface area contributed by atoms with Gasteiger partial charge >= 0.3 is 0 Å². The molecule has 156 valence electrons. The first kappa shape index (κ1) is 20.8. The van der Waals surface area contributed by atoms with E-state index in [-0.39, 0.29) is 11.8 Å². The number of halogens is 1. The van der Waals surface area contributed by atoms with Gasteiger partial charge in [0.15, 0.2) is 11.0 Å². The quantitative estimate of drug-likeness (QED) is 0.518. The van der Waals surface area contributed by atoms with Crippen molar-refractivity contribution in [2.75, 3.05) is 7.11 Å². The number of ether oxygens (including phenoxy) is 1. The van der Waals surface area contributed by atoms with Crippen molar-refractivity contribution in [2.24, 2.45) is 5.92 Å². The van der Waals surface area contributed by atoms with Gasteiger partial charge in [-0.05, 0) is 55.2 Å². The molecular formula is C22H23ClN4O2S. The summed E-state index contributed by atoms with van der Waals surface area (Å²) in [6.45, 7) is 2.35. The number of nitrogens with zero attached hydrogens (tertiary/aromatic N) is 3. The van der Waals surface area contributed by atoms with E-state index in [2.05, 4.69) is 21.6 Å². The van der Waals surface area contributed by atoms with Gasteiger partial charge in [-0.2, -0.15) is 0 Å². The van der Waals surface area contributed by atoms with E-state index < -0.39 is 0 Å². The lowest BCUT2D eigenvalue weighted by Gasteiger charge is -2.14. The average Bonchev–Trinajstić information content (AvgIpc) is 3.53. The highest BCUT2D eigenvalue weighted by molar-refractivity contribution is 7.98. The number of amides is 1. The summed E-state index contributed by atoms with van der Waals surface area (Å²) in [4.78, 5) is 12.1. The number of benzene rings is 2. The van der Waals surface area contributed by atoms with Crippen LogP contribution in [0.4, 0.5) is 0 Å². The fourth-order valence-corrected chi connectivity index (χ4v) is 4.21. The maximum absolute atomic E-state index is 12.1. The van der Waals surface area contributed by atoms with Gasteiger partial charge in [-0.1, -0.05) is 41.6 Å². The van der Waals surface area contributed by atoms with Gasteiger partial charge in [0.2, 0.25) is 5.91 Å². The van der Waals surface area contributed by atoms with E-state index in [0.29, 0.717) is 23.1 Å². The molecule has 0 radical (unpaired) electrons. The number of aryl methyl sites for hydroxylation is 1. The molecule has 0 aliphatic heterocycles. The Hall–Kier alpha value is -2.51. The minimum absolute atomic E-state index is 0.0814. The number of methoxy groups -OCH3 is 1. The van der Waals surface area contributed by atoms with Gasteiger partial charge in [0.1, 0.15) is 5.75 Å². The van der Waals surface area contributed by atoms with Crippen LogP contribution < -0.4 is 10.1 Å². The number of aromatic nitrogens is 3. The highest BCUT2D eigenvalue weighted by Gasteiger charge is 2.29. The van der Waals surface area contributed by atoms with Crippen molar-refractivity contribution >= 4 is 29.3 Å². The molecule has 30 heavy (non-hydrogen) atoms. The van der Waals surface area contributed by atoms with E-state index in [1.54, 1.807) is 18.9 Å². The van der Waals surface area contributed by atoms with Crippen LogP contribution in [0.3, 0.4) is 0 Å². The lowest BCUT2D eigenvalue weighted by atomic mass is 10.2. The van der Waals surface area contributed by atoms with E-state index in [1.165, 1.54) is 0 Å². The molecule has 1 saturated carbocycles. The highest BCUT2D eigenvalue weighted by atomic mass is 35.5. The van der Waals surface area contributed by atoms with E-state index in [1.807, 2.05) is 47.9 Å². The molecule has 1 aromatic heterocycles. The Morgan fingerprint density at radius 2 is 2.10 bits per heavy atom. The van der Waals surface area contributed by atoms with Gasteiger partial charge in [0.25, 0.3) is 0 Å². The zero-order chi connectivity index (χ0) is 21.1. The topological polar surface area (TPSA) is 69.0 Å². The molecule has 1 fully saturated rings. The van der Waals surface area contributed by atoms with Crippen molar-refractivity contribution in [1.29, 1.82) is 0 Å². The standard InChI is InChI=1S/C22H23ClN4O2S/c1-14-6-9-17(23)11-19(14)27-20(12-24-21(28)16-7-8-16)25-26-22(27)30-13-15-4-3-5-18(10-15)29-2/h3-6,9-11,16H,7-8,12-13H2,1-2H3,(H,24,28). The molecule has 6 nitrogen and oxygen atoms in total. The van der Waals surface area contributed by atoms with Crippen LogP contribution in [0.25, 0.3) is 5.69 Å². The van der Waals surface area contributed by atoms with Gasteiger partial charge in [0.05, 0.1) is 19.3 Å². The largest absolute Gasteiger partial charge is 0.497 e. The van der Waals surface area contributed by atoms with Crippen LogP contribution in [0.2, 0.25) is 5.02 Å². The van der Waals surface area contributed by atoms with Gasteiger partial charge in [-0.15, -0.1) is 10.2 Å². The maximum atomic E-state index is 12.1. The number of hydrogen-bond acceptors (Lipinski definition) is 5. The molecule has 1 N–H and O–H groups in total. The third kappa shape index (κ3) is 4.79. The molecule has 1 aliphatic rings. The first-order valence-corrected chi connectivity index (χ1v) is 11.2. The molecule has 1 amide bonds. The Morgan fingerprint density at radius 1 is 1.27 bits per heavy atom. The fourth-order valence-electron chi connectivity index (χ4n) is 3.14. The molecule has 1 heterocycles. The zero-order valence-electron chi connectivity index (χ0n) is 16.9. The van der Waals surface area contributed by atoms with E-state index in [9.17, 15) is 4.79 Å². The number of nitrogens with one attached hydrogen (secondary N) is 1. The van der Waals surface area contributed by atoms with Crippen molar-refractivity contribution in [2.45, 2.75) is 37.2 Å². The Labute approximate surface area is 185 Å². The van der Waals surface area contributed by atoms with Gasteiger partial charge in [-0.3, -0.25) is 9.36 Å². The van der Waals surface area contributed by atoms with Crippen molar-refractivity contribution in [1.82, 2.24) is 20.1 Å². The molecule has 0 saturated heterocycles. The Kier molecular flexibility index (Phi) is 6.29. The van der Waals surface area contributed by atoms with Crippen molar-refractivity contribution in [3.63, 3.8) is 0 Å². The Bertz CT molecular complexity index is 1070. The van der Waals surface area contributed by atoms with Crippen molar-refractivity contribution in [3.8, 4) is 11.4 Å². The summed E-state index contributed by atoms with van der Waals surface area (Å²) >= 11 is 7.86. The molecule has 2 aromatic carbocycles. The third-order valence-electron chi connectivity index (χ3n) is 4.98. The predicted octanol–water partition coefficient (Wildman–Crippen LogP) is 4.56.